The molecule has 0 N–H and O–H groups in total. The fourth-order valence-corrected chi connectivity index (χ4v) is 2.80. The van der Waals surface area contributed by atoms with Crippen LogP contribution in [0.3, 0.4) is 0 Å². The first-order valence-electron chi connectivity index (χ1n) is 9.16. The van der Waals surface area contributed by atoms with Gasteiger partial charge in [0, 0.05) is 5.02 Å². The molecule has 0 atom stereocenters. The fourth-order valence-electron chi connectivity index (χ4n) is 2.68. The minimum Gasteiger partial charge on any atom is -0.465 e. The highest BCUT2D eigenvalue weighted by atomic mass is 35.5. The third kappa shape index (κ3) is 8.92. The summed E-state index contributed by atoms with van der Waals surface area (Å²) in [4.78, 5) is 23.7. The quantitative estimate of drug-likeness (QED) is 0.297. The van der Waals surface area contributed by atoms with Crippen LogP contribution in [-0.4, -0.2) is 25.2 Å². The van der Waals surface area contributed by atoms with Crippen molar-refractivity contribution in [1.82, 2.24) is 0 Å². The predicted molar refractivity (Wildman–Crippen MR) is 99.6 cm³/mol. The second kappa shape index (κ2) is 12.8. The molecule has 0 aliphatic rings. The van der Waals surface area contributed by atoms with E-state index in [1.54, 1.807) is 13.8 Å². The van der Waals surface area contributed by atoms with Crippen LogP contribution >= 0.6 is 11.6 Å². The van der Waals surface area contributed by atoms with E-state index in [1.807, 2.05) is 12.1 Å². The van der Waals surface area contributed by atoms with E-state index in [9.17, 15) is 9.59 Å². The number of hydrogen-bond acceptors (Lipinski definition) is 4. The van der Waals surface area contributed by atoms with Crippen molar-refractivity contribution in [2.24, 2.45) is 5.92 Å². The van der Waals surface area contributed by atoms with Crippen LogP contribution in [0.15, 0.2) is 24.3 Å². The van der Waals surface area contributed by atoms with Gasteiger partial charge in [-0.05, 0) is 50.8 Å². The predicted octanol–water partition coefficient (Wildman–Crippen LogP) is 4.97. The molecule has 0 radical (unpaired) electrons. The molecule has 140 valence electrons. The Morgan fingerprint density at radius 1 is 0.880 bits per heavy atom. The average molecular weight is 369 g/mol. The summed E-state index contributed by atoms with van der Waals surface area (Å²) in [7, 11) is 0. The largest absolute Gasteiger partial charge is 0.465 e. The topological polar surface area (TPSA) is 52.6 Å². The van der Waals surface area contributed by atoms with Gasteiger partial charge in [0.05, 0.1) is 13.2 Å². The molecule has 1 aromatic rings. The molecular formula is C20H29ClO4. The molecule has 0 unspecified atom stereocenters. The van der Waals surface area contributed by atoms with Crippen molar-refractivity contribution in [3.05, 3.63) is 34.9 Å². The molecule has 0 spiro atoms. The molecule has 1 rings (SSSR count). The van der Waals surface area contributed by atoms with Gasteiger partial charge in [0.1, 0.15) is 0 Å². The zero-order chi connectivity index (χ0) is 18.5. The van der Waals surface area contributed by atoms with Gasteiger partial charge in [-0.1, -0.05) is 49.4 Å². The lowest BCUT2D eigenvalue weighted by molar-refractivity contribution is -0.161. The molecule has 0 aliphatic heterocycles. The minimum absolute atomic E-state index is 0.277. The molecule has 0 aliphatic carbocycles. The second-order valence-electron chi connectivity index (χ2n) is 5.99. The number of rotatable bonds is 12. The zero-order valence-corrected chi connectivity index (χ0v) is 16.0. The number of unbranched alkanes of at least 4 members (excludes halogenated alkanes) is 4. The maximum absolute atomic E-state index is 11.9. The monoisotopic (exact) mass is 368 g/mol. The number of carbonyl (C=O) groups is 2. The van der Waals surface area contributed by atoms with Crippen LogP contribution in [0.1, 0.15) is 57.9 Å². The van der Waals surface area contributed by atoms with E-state index in [2.05, 4.69) is 12.1 Å². The fraction of sp³-hybridized carbons (Fsp3) is 0.600. The van der Waals surface area contributed by atoms with Crippen molar-refractivity contribution in [2.75, 3.05) is 13.2 Å². The van der Waals surface area contributed by atoms with Crippen molar-refractivity contribution in [3.63, 3.8) is 0 Å². The zero-order valence-electron chi connectivity index (χ0n) is 15.3. The Morgan fingerprint density at radius 2 is 1.40 bits per heavy atom. The van der Waals surface area contributed by atoms with E-state index in [1.165, 1.54) is 5.56 Å². The van der Waals surface area contributed by atoms with Crippen molar-refractivity contribution < 1.29 is 19.1 Å². The maximum atomic E-state index is 11.9. The Labute approximate surface area is 155 Å². The minimum atomic E-state index is -0.783. The van der Waals surface area contributed by atoms with Gasteiger partial charge in [-0.25, -0.2) is 0 Å². The smallest absolute Gasteiger partial charge is 0.320 e. The van der Waals surface area contributed by atoms with Crippen LogP contribution in [-0.2, 0) is 25.5 Å². The van der Waals surface area contributed by atoms with Crippen molar-refractivity contribution in [1.29, 1.82) is 0 Å². The Balaban J connectivity index is 2.21. The summed E-state index contributed by atoms with van der Waals surface area (Å²) in [5.41, 5.74) is 1.30. The molecule has 1 aromatic carbocycles. The van der Waals surface area contributed by atoms with Crippen LogP contribution < -0.4 is 0 Å². The highest BCUT2D eigenvalue weighted by Gasteiger charge is 2.28. The lowest BCUT2D eigenvalue weighted by Crippen LogP contribution is -2.28. The van der Waals surface area contributed by atoms with Crippen LogP contribution in [0.2, 0.25) is 5.02 Å². The number of carbonyl (C=O) groups excluding carboxylic acids is 2. The van der Waals surface area contributed by atoms with E-state index >= 15 is 0 Å². The number of benzene rings is 1. The van der Waals surface area contributed by atoms with Gasteiger partial charge in [0.2, 0.25) is 0 Å². The maximum Gasteiger partial charge on any atom is 0.320 e. The van der Waals surface area contributed by atoms with E-state index < -0.39 is 17.9 Å². The molecule has 0 bridgehead atoms. The second-order valence-corrected chi connectivity index (χ2v) is 6.43. The van der Waals surface area contributed by atoms with Gasteiger partial charge in [0.25, 0.3) is 0 Å². The summed E-state index contributed by atoms with van der Waals surface area (Å²) in [5, 5.41) is 0.765. The molecule has 4 nitrogen and oxygen atoms in total. The highest BCUT2D eigenvalue weighted by Crippen LogP contribution is 2.17. The third-order valence-corrected chi connectivity index (χ3v) is 4.27. The molecule has 0 heterocycles. The molecule has 0 aromatic heterocycles. The first-order chi connectivity index (χ1) is 12.1. The van der Waals surface area contributed by atoms with E-state index in [4.69, 9.17) is 21.1 Å². The number of halogens is 1. The number of ether oxygens (including phenoxy) is 2. The normalized spacial score (nSPS) is 10.7. The van der Waals surface area contributed by atoms with E-state index in [-0.39, 0.29) is 13.2 Å². The van der Waals surface area contributed by atoms with Crippen LogP contribution in [0.5, 0.6) is 0 Å². The third-order valence-electron chi connectivity index (χ3n) is 4.01. The first kappa shape index (κ1) is 21.5. The first-order valence-corrected chi connectivity index (χ1v) is 9.54. The van der Waals surface area contributed by atoms with Gasteiger partial charge in [0.15, 0.2) is 5.92 Å². The van der Waals surface area contributed by atoms with Crippen molar-refractivity contribution in [2.45, 2.75) is 58.8 Å². The highest BCUT2D eigenvalue weighted by molar-refractivity contribution is 6.30. The standard InChI is InChI=1S/C20H29ClO4/c1-3-24-19(22)18(20(23)25-4-2)11-9-7-5-6-8-10-16-12-14-17(21)15-13-16/h12-15,18H,3-11H2,1-2H3. The molecule has 0 saturated carbocycles. The average Bonchev–Trinajstić information content (AvgIpc) is 2.59. The molecular weight excluding hydrogens is 340 g/mol. The molecule has 25 heavy (non-hydrogen) atoms. The Bertz CT molecular complexity index is 495. The van der Waals surface area contributed by atoms with Gasteiger partial charge in [-0.2, -0.15) is 0 Å². The van der Waals surface area contributed by atoms with Crippen LogP contribution in [0.4, 0.5) is 0 Å². The Morgan fingerprint density at radius 3 is 1.96 bits per heavy atom. The number of aryl methyl sites for hydroxylation is 1. The SMILES string of the molecule is CCOC(=O)C(CCCCCCCc1ccc(Cl)cc1)C(=O)OCC. The Hall–Kier alpha value is -1.55. The summed E-state index contributed by atoms with van der Waals surface area (Å²) >= 11 is 5.87. The summed E-state index contributed by atoms with van der Waals surface area (Å²) in [6.07, 6.45) is 6.71. The number of hydrogen-bond donors (Lipinski definition) is 0. The van der Waals surface area contributed by atoms with E-state index in [0.717, 1.165) is 43.5 Å². The van der Waals surface area contributed by atoms with Crippen LogP contribution in [0, 0.1) is 5.92 Å². The lowest BCUT2D eigenvalue weighted by Gasteiger charge is -2.14. The molecule has 0 amide bonds. The van der Waals surface area contributed by atoms with Gasteiger partial charge in [-0.15, -0.1) is 0 Å². The lowest BCUT2D eigenvalue weighted by atomic mass is 9.99. The molecule has 5 heteroatoms. The summed E-state index contributed by atoms with van der Waals surface area (Å²) < 4.78 is 9.95. The summed E-state index contributed by atoms with van der Waals surface area (Å²) in [6, 6.07) is 7.96. The van der Waals surface area contributed by atoms with Gasteiger partial charge >= 0.3 is 11.9 Å². The molecule has 0 fully saturated rings. The van der Waals surface area contributed by atoms with Crippen LogP contribution in [0.25, 0.3) is 0 Å². The summed E-state index contributed by atoms with van der Waals surface area (Å²) in [5.74, 6) is -1.72. The molecule has 0 saturated heterocycles. The summed E-state index contributed by atoms with van der Waals surface area (Å²) in [6.45, 7) is 4.03. The Kier molecular flexibility index (Phi) is 11.0. The van der Waals surface area contributed by atoms with Crippen molar-refractivity contribution >= 4 is 23.5 Å². The van der Waals surface area contributed by atoms with E-state index in [0.29, 0.717) is 6.42 Å². The van der Waals surface area contributed by atoms with Crippen molar-refractivity contribution in [3.8, 4) is 0 Å². The van der Waals surface area contributed by atoms with Gasteiger partial charge < -0.3 is 9.47 Å². The number of esters is 2. The van der Waals surface area contributed by atoms with Gasteiger partial charge in [-0.3, -0.25) is 9.59 Å².